The number of carbonyl (C=O) groups is 1. The third-order valence-electron chi connectivity index (χ3n) is 4.38. The Morgan fingerprint density at radius 3 is 2.79 bits per heavy atom. The van der Waals surface area contributed by atoms with Crippen LogP contribution in [0.3, 0.4) is 0 Å². The second-order valence-corrected chi connectivity index (χ2v) is 6.10. The van der Waals surface area contributed by atoms with Gasteiger partial charge in [-0.1, -0.05) is 18.2 Å². The highest BCUT2D eigenvalue weighted by molar-refractivity contribution is 5.73. The highest BCUT2D eigenvalue weighted by Crippen LogP contribution is 2.17. The third-order valence-corrected chi connectivity index (χ3v) is 4.38. The van der Waals surface area contributed by atoms with Gasteiger partial charge < -0.3 is 15.4 Å². The van der Waals surface area contributed by atoms with Crippen molar-refractivity contribution in [3.05, 3.63) is 47.3 Å². The lowest BCUT2D eigenvalue weighted by Crippen LogP contribution is -2.39. The lowest BCUT2D eigenvalue weighted by molar-refractivity contribution is 0.111. The predicted molar refractivity (Wildman–Crippen MR) is 92.3 cm³/mol. The lowest BCUT2D eigenvalue weighted by atomic mass is 10.2. The fraction of sp³-hybridized carbons (Fsp3) is 0.444. The Labute approximate surface area is 142 Å². The first-order chi connectivity index (χ1) is 11.6. The molecule has 2 amide bonds. The summed E-state index contributed by atoms with van der Waals surface area (Å²) in [5.41, 5.74) is 4.03. The standard InChI is InChI=1S/C18H24N4O2/c1-13-17(12-20-18(23)19-11-16-9-6-10-24-16)14(2)22(21-13)15-7-4-3-5-8-15/h3-5,7-8,16H,6,9-12H2,1-2H3,(H2,19,20,23)/t16-/m0/s1. The number of hydrogen-bond donors (Lipinski definition) is 2. The molecule has 24 heavy (non-hydrogen) atoms. The maximum absolute atomic E-state index is 12.0. The average Bonchev–Trinajstić information content (AvgIpc) is 3.21. The van der Waals surface area contributed by atoms with Crippen molar-refractivity contribution in [1.82, 2.24) is 20.4 Å². The highest BCUT2D eigenvalue weighted by atomic mass is 16.5. The summed E-state index contributed by atoms with van der Waals surface area (Å²) in [5.74, 6) is 0. The van der Waals surface area contributed by atoms with Crippen molar-refractivity contribution in [2.75, 3.05) is 13.2 Å². The van der Waals surface area contributed by atoms with Crippen LogP contribution in [-0.2, 0) is 11.3 Å². The van der Waals surface area contributed by atoms with E-state index in [0.29, 0.717) is 13.1 Å². The van der Waals surface area contributed by atoms with Gasteiger partial charge in [0.05, 0.1) is 17.5 Å². The van der Waals surface area contributed by atoms with Crippen LogP contribution < -0.4 is 10.6 Å². The number of urea groups is 1. The van der Waals surface area contributed by atoms with Gasteiger partial charge in [0.1, 0.15) is 0 Å². The Morgan fingerprint density at radius 1 is 1.29 bits per heavy atom. The van der Waals surface area contributed by atoms with E-state index in [-0.39, 0.29) is 12.1 Å². The first-order valence-electron chi connectivity index (χ1n) is 8.39. The summed E-state index contributed by atoms with van der Waals surface area (Å²) in [5, 5.41) is 10.4. The molecular formula is C18H24N4O2. The quantitative estimate of drug-likeness (QED) is 0.886. The van der Waals surface area contributed by atoms with Gasteiger partial charge in [-0.25, -0.2) is 9.48 Å². The SMILES string of the molecule is Cc1nn(-c2ccccc2)c(C)c1CNC(=O)NC[C@@H]1CCCO1. The van der Waals surface area contributed by atoms with Gasteiger partial charge in [0.2, 0.25) is 0 Å². The molecule has 1 fully saturated rings. The minimum Gasteiger partial charge on any atom is -0.376 e. The lowest BCUT2D eigenvalue weighted by Gasteiger charge is -2.12. The van der Waals surface area contributed by atoms with E-state index in [4.69, 9.17) is 4.74 Å². The predicted octanol–water partition coefficient (Wildman–Crippen LogP) is 2.47. The fourth-order valence-electron chi connectivity index (χ4n) is 2.99. The Balaban J connectivity index is 1.59. The molecule has 1 aliphatic heterocycles. The first kappa shape index (κ1) is 16.5. The van der Waals surface area contributed by atoms with Crippen molar-refractivity contribution in [1.29, 1.82) is 0 Å². The Hall–Kier alpha value is -2.34. The highest BCUT2D eigenvalue weighted by Gasteiger charge is 2.17. The van der Waals surface area contributed by atoms with E-state index in [1.807, 2.05) is 48.9 Å². The molecule has 0 saturated carbocycles. The summed E-state index contributed by atoms with van der Waals surface area (Å²) in [4.78, 5) is 12.0. The Bertz CT molecular complexity index is 691. The number of carbonyl (C=O) groups excluding carboxylic acids is 1. The molecular weight excluding hydrogens is 304 g/mol. The molecule has 0 spiro atoms. The molecule has 0 radical (unpaired) electrons. The summed E-state index contributed by atoms with van der Waals surface area (Å²) in [6.07, 6.45) is 2.24. The van der Waals surface area contributed by atoms with Crippen LogP contribution in [0.4, 0.5) is 4.79 Å². The zero-order valence-corrected chi connectivity index (χ0v) is 14.2. The first-order valence-corrected chi connectivity index (χ1v) is 8.39. The molecule has 128 valence electrons. The second-order valence-electron chi connectivity index (χ2n) is 6.10. The summed E-state index contributed by atoms with van der Waals surface area (Å²) in [7, 11) is 0. The van der Waals surface area contributed by atoms with Gasteiger partial charge in [-0.3, -0.25) is 0 Å². The maximum atomic E-state index is 12.0. The second kappa shape index (κ2) is 7.49. The smallest absolute Gasteiger partial charge is 0.315 e. The van der Waals surface area contributed by atoms with E-state index in [9.17, 15) is 4.79 Å². The normalized spacial score (nSPS) is 17.0. The van der Waals surface area contributed by atoms with Crippen molar-refractivity contribution < 1.29 is 9.53 Å². The van der Waals surface area contributed by atoms with Crippen LogP contribution in [0, 0.1) is 13.8 Å². The van der Waals surface area contributed by atoms with Gasteiger partial charge in [-0.15, -0.1) is 0 Å². The van der Waals surface area contributed by atoms with Crippen LogP contribution in [-0.4, -0.2) is 35.1 Å². The molecule has 3 rings (SSSR count). The fourth-order valence-corrected chi connectivity index (χ4v) is 2.99. The van der Waals surface area contributed by atoms with Crippen molar-refractivity contribution in [2.24, 2.45) is 0 Å². The maximum Gasteiger partial charge on any atom is 0.315 e. The van der Waals surface area contributed by atoms with E-state index < -0.39 is 0 Å². The summed E-state index contributed by atoms with van der Waals surface area (Å²) in [6, 6.07) is 9.83. The Morgan fingerprint density at radius 2 is 2.08 bits per heavy atom. The number of nitrogens with one attached hydrogen (secondary N) is 2. The molecule has 2 heterocycles. The molecule has 1 atom stereocenters. The van der Waals surface area contributed by atoms with E-state index in [0.717, 1.165) is 42.1 Å². The summed E-state index contributed by atoms with van der Waals surface area (Å²) in [6.45, 7) is 5.81. The zero-order chi connectivity index (χ0) is 16.9. The molecule has 6 nitrogen and oxygen atoms in total. The van der Waals surface area contributed by atoms with Gasteiger partial charge >= 0.3 is 6.03 Å². The van der Waals surface area contributed by atoms with E-state index in [1.54, 1.807) is 0 Å². The van der Waals surface area contributed by atoms with Gasteiger partial charge in [-0.2, -0.15) is 5.10 Å². The van der Waals surface area contributed by atoms with E-state index in [2.05, 4.69) is 15.7 Å². The summed E-state index contributed by atoms with van der Waals surface area (Å²) >= 11 is 0. The van der Waals surface area contributed by atoms with Crippen molar-refractivity contribution in [3.8, 4) is 5.69 Å². The van der Waals surface area contributed by atoms with Crippen LogP contribution in [0.1, 0.15) is 29.8 Å². The van der Waals surface area contributed by atoms with Crippen LogP contribution in [0.15, 0.2) is 30.3 Å². The molecule has 0 bridgehead atoms. The van der Waals surface area contributed by atoms with Gasteiger partial charge in [0.15, 0.2) is 0 Å². The van der Waals surface area contributed by atoms with E-state index >= 15 is 0 Å². The third kappa shape index (κ3) is 3.76. The van der Waals surface area contributed by atoms with Crippen LogP contribution in [0.5, 0.6) is 0 Å². The average molecular weight is 328 g/mol. The molecule has 0 aliphatic carbocycles. The van der Waals surface area contributed by atoms with Gasteiger partial charge in [0.25, 0.3) is 0 Å². The minimum atomic E-state index is -0.170. The van der Waals surface area contributed by atoms with Crippen molar-refractivity contribution in [2.45, 2.75) is 39.3 Å². The van der Waals surface area contributed by atoms with Crippen LogP contribution >= 0.6 is 0 Å². The number of nitrogens with zero attached hydrogens (tertiary/aromatic N) is 2. The Kier molecular flexibility index (Phi) is 5.15. The number of rotatable bonds is 5. The van der Waals surface area contributed by atoms with Gasteiger partial charge in [0, 0.05) is 31.0 Å². The van der Waals surface area contributed by atoms with E-state index in [1.165, 1.54) is 0 Å². The van der Waals surface area contributed by atoms with Crippen LogP contribution in [0.2, 0.25) is 0 Å². The molecule has 1 saturated heterocycles. The number of ether oxygens (including phenoxy) is 1. The van der Waals surface area contributed by atoms with Crippen molar-refractivity contribution in [3.63, 3.8) is 0 Å². The number of amides is 2. The molecule has 1 aliphatic rings. The topological polar surface area (TPSA) is 68.2 Å². The number of aryl methyl sites for hydroxylation is 1. The molecule has 6 heteroatoms. The largest absolute Gasteiger partial charge is 0.376 e. The molecule has 1 aromatic heterocycles. The number of aromatic nitrogens is 2. The molecule has 2 aromatic rings. The number of benzene rings is 1. The van der Waals surface area contributed by atoms with Crippen molar-refractivity contribution >= 4 is 6.03 Å². The minimum absolute atomic E-state index is 0.153. The summed E-state index contributed by atoms with van der Waals surface area (Å²) < 4.78 is 7.41. The number of hydrogen-bond acceptors (Lipinski definition) is 3. The molecule has 2 N–H and O–H groups in total. The zero-order valence-electron chi connectivity index (χ0n) is 14.2. The number of para-hydroxylation sites is 1. The molecule has 1 aromatic carbocycles. The monoisotopic (exact) mass is 328 g/mol. The van der Waals surface area contributed by atoms with Crippen LogP contribution in [0.25, 0.3) is 5.69 Å². The van der Waals surface area contributed by atoms with Gasteiger partial charge in [-0.05, 0) is 38.8 Å². The molecule has 0 unspecified atom stereocenters.